The van der Waals surface area contributed by atoms with Crippen molar-refractivity contribution >= 4 is 18.4 Å². The molecule has 146 valence electrons. The van der Waals surface area contributed by atoms with Crippen LogP contribution in [0.2, 0.25) is 0 Å². The highest BCUT2D eigenvalue weighted by Gasteiger charge is 2.14. The van der Waals surface area contributed by atoms with Crippen molar-refractivity contribution in [2.75, 3.05) is 6.61 Å². The first-order valence-corrected chi connectivity index (χ1v) is 9.85. The predicted octanol–water partition coefficient (Wildman–Crippen LogP) is 5.58. The molecule has 3 rings (SSSR count). The van der Waals surface area contributed by atoms with Crippen LogP contribution in [0.4, 0.5) is 0 Å². The second kappa shape index (κ2) is 8.52. The summed E-state index contributed by atoms with van der Waals surface area (Å²) in [5.41, 5.74) is 3.29. The third-order valence-corrected chi connectivity index (χ3v) is 4.60. The Morgan fingerprint density at radius 3 is 2.39 bits per heavy atom. The number of aromatic nitrogens is 3. The lowest BCUT2D eigenvalue weighted by molar-refractivity contribution is 0.317. The van der Waals surface area contributed by atoms with Crippen molar-refractivity contribution in [1.82, 2.24) is 14.9 Å². The number of hydrogen-bond acceptors (Lipinski definition) is 4. The molecule has 0 fully saturated rings. The van der Waals surface area contributed by atoms with E-state index < -0.39 is 0 Å². The molecule has 0 radical (unpaired) electrons. The van der Waals surface area contributed by atoms with E-state index in [2.05, 4.69) is 67.3 Å². The Kier molecular flexibility index (Phi) is 6.09. The second-order valence-corrected chi connectivity index (χ2v) is 8.04. The summed E-state index contributed by atoms with van der Waals surface area (Å²) in [6.07, 6.45) is 2.75. The highest BCUT2D eigenvalue weighted by atomic mass is 32.1. The number of hydrogen-bond donors (Lipinski definition) is 1. The maximum Gasteiger partial charge on any atom is 0.216 e. The smallest absolute Gasteiger partial charge is 0.216 e. The summed E-state index contributed by atoms with van der Waals surface area (Å²) in [5.74, 6) is 1.54. The van der Waals surface area contributed by atoms with Gasteiger partial charge in [-0.2, -0.15) is 14.9 Å². The van der Waals surface area contributed by atoms with E-state index in [-0.39, 0.29) is 5.41 Å². The van der Waals surface area contributed by atoms with Gasteiger partial charge in [0, 0.05) is 5.56 Å². The third kappa shape index (κ3) is 4.75. The van der Waals surface area contributed by atoms with Crippen molar-refractivity contribution in [3.8, 4) is 17.1 Å². The number of nitrogens with zero attached hydrogens (tertiary/aromatic N) is 3. The van der Waals surface area contributed by atoms with Crippen molar-refractivity contribution in [2.45, 2.75) is 39.5 Å². The van der Waals surface area contributed by atoms with E-state index in [1.165, 1.54) is 5.56 Å². The first-order chi connectivity index (χ1) is 13.4. The van der Waals surface area contributed by atoms with Crippen LogP contribution in [0.5, 0.6) is 5.75 Å². The number of ether oxygens (including phenoxy) is 1. The van der Waals surface area contributed by atoms with E-state index in [1.807, 2.05) is 24.3 Å². The van der Waals surface area contributed by atoms with Crippen molar-refractivity contribution in [3.05, 3.63) is 64.4 Å². The van der Waals surface area contributed by atoms with Crippen LogP contribution >= 0.6 is 12.2 Å². The SMILES string of the molecule is CCCOc1ccc(/C=N/n2c(-c3ccc(C(C)(C)C)cc3)n[nH]c2=S)cc1. The van der Waals surface area contributed by atoms with Gasteiger partial charge in [-0.1, -0.05) is 52.0 Å². The zero-order chi connectivity index (χ0) is 20.1. The Morgan fingerprint density at radius 1 is 1.11 bits per heavy atom. The fraction of sp³-hybridized carbons (Fsp3) is 0.318. The average Bonchev–Trinajstić information content (AvgIpc) is 3.05. The van der Waals surface area contributed by atoms with E-state index in [1.54, 1.807) is 10.9 Å². The van der Waals surface area contributed by atoms with Crippen LogP contribution < -0.4 is 4.74 Å². The van der Waals surface area contributed by atoms with Crippen molar-refractivity contribution in [1.29, 1.82) is 0 Å². The van der Waals surface area contributed by atoms with E-state index in [4.69, 9.17) is 17.0 Å². The summed E-state index contributed by atoms with van der Waals surface area (Å²) < 4.78 is 7.70. The second-order valence-electron chi connectivity index (χ2n) is 7.65. The van der Waals surface area contributed by atoms with Crippen LogP contribution in [-0.4, -0.2) is 27.7 Å². The molecular weight excluding hydrogens is 368 g/mol. The number of rotatable bonds is 6. The first-order valence-electron chi connectivity index (χ1n) is 9.44. The molecule has 3 aromatic rings. The summed E-state index contributed by atoms with van der Waals surface area (Å²) in [6, 6.07) is 16.2. The normalized spacial score (nSPS) is 11.9. The van der Waals surface area contributed by atoms with E-state index in [0.717, 1.165) is 29.9 Å². The van der Waals surface area contributed by atoms with Gasteiger partial charge >= 0.3 is 0 Å². The van der Waals surface area contributed by atoms with Gasteiger partial charge in [0.2, 0.25) is 4.77 Å². The topological polar surface area (TPSA) is 55.2 Å². The summed E-state index contributed by atoms with van der Waals surface area (Å²) >= 11 is 5.35. The van der Waals surface area contributed by atoms with Crippen LogP contribution in [0.15, 0.2) is 53.6 Å². The number of benzene rings is 2. The van der Waals surface area contributed by atoms with Crippen molar-refractivity contribution in [3.63, 3.8) is 0 Å². The molecule has 1 aromatic heterocycles. The standard InChI is InChI=1S/C22H26N4OS/c1-5-14-27-19-12-6-16(7-13-19)15-23-26-20(24-25-21(26)28)17-8-10-18(11-9-17)22(2,3)4/h6-13,15H,5,14H2,1-4H3,(H,25,28)/b23-15+. The fourth-order valence-electron chi connectivity index (χ4n) is 2.70. The lowest BCUT2D eigenvalue weighted by Gasteiger charge is -2.18. The molecule has 0 saturated heterocycles. The number of H-pyrrole nitrogens is 1. The molecule has 28 heavy (non-hydrogen) atoms. The number of aromatic amines is 1. The van der Waals surface area contributed by atoms with Gasteiger partial charge in [0.1, 0.15) is 5.75 Å². The maximum atomic E-state index is 5.61. The van der Waals surface area contributed by atoms with Gasteiger partial charge in [-0.3, -0.25) is 0 Å². The predicted molar refractivity (Wildman–Crippen MR) is 117 cm³/mol. The van der Waals surface area contributed by atoms with E-state index in [9.17, 15) is 0 Å². The molecule has 1 heterocycles. The lowest BCUT2D eigenvalue weighted by Crippen LogP contribution is -2.10. The molecule has 0 aliphatic carbocycles. The van der Waals surface area contributed by atoms with Crippen LogP contribution in [0, 0.1) is 4.77 Å². The fourth-order valence-corrected chi connectivity index (χ4v) is 2.88. The molecule has 0 amide bonds. The summed E-state index contributed by atoms with van der Waals surface area (Å²) in [7, 11) is 0. The van der Waals surface area contributed by atoms with Crippen LogP contribution in [-0.2, 0) is 5.41 Å². The van der Waals surface area contributed by atoms with Crippen LogP contribution in [0.25, 0.3) is 11.4 Å². The Balaban J connectivity index is 1.83. The molecule has 0 aliphatic rings. The molecule has 0 aliphatic heterocycles. The molecule has 1 N–H and O–H groups in total. The first kappa shape index (κ1) is 20.0. The Morgan fingerprint density at radius 2 is 1.79 bits per heavy atom. The van der Waals surface area contributed by atoms with Gasteiger partial charge in [0.25, 0.3) is 0 Å². The molecule has 0 bridgehead atoms. The minimum atomic E-state index is 0.106. The van der Waals surface area contributed by atoms with Gasteiger partial charge in [-0.15, -0.1) is 0 Å². The zero-order valence-corrected chi connectivity index (χ0v) is 17.6. The van der Waals surface area contributed by atoms with Gasteiger partial charge in [0.05, 0.1) is 12.8 Å². The monoisotopic (exact) mass is 394 g/mol. The van der Waals surface area contributed by atoms with Gasteiger partial charge in [0.15, 0.2) is 5.82 Å². The molecule has 0 spiro atoms. The Hall–Kier alpha value is -2.73. The average molecular weight is 395 g/mol. The van der Waals surface area contributed by atoms with Crippen molar-refractivity contribution in [2.24, 2.45) is 5.10 Å². The molecule has 2 aromatic carbocycles. The van der Waals surface area contributed by atoms with Gasteiger partial charge in [-0.25, -0.2) is 5.10 Å². The largest absolute Gasteiger partial charge is 0.494 e. The minimum Gasteiger partial charge on any atom is -0.494 e. The van der Waals surface area contributed by atoms with Crippen LogP contribution in [0.3, 0.4) is 0 Å². The molecule has 0 atom stereocenters. The molecular formula is C22H26N4OS. The maximum absolute atomic E-state index is 5.61. The summed E-state index contributed by atoms with van der Waals surface area (Å²) in [4.78, 5) is 0. The lowest BCUT2D eigenvalue weighted by atomic mass is 9.87. The third-order valence-electron chi connectivity index (χ3n) is 4.33. The minimum absolute atomic E-state index is 0.106. The summed E-state index contributed by atoms with van der Waals surface area (Å²) in [6.45, 7) is 9.39. The molecule has 5 nitrogen and oxygen atoms in total. The quantitative estimate of drug-likeness (QED) is 0.439. The van der Waals surface area contributed by atoms with Gasteiger partial charge < -0.3 is 4.74 Å². The van der Waals surface area contributed by atoms with E-state index >= 15 is 0 Å². The van der Waals surface area contributed by atoms with Gasteiger partial charge in [-0.05, 0) is 59.4 Å². The molecule has 6 heteroatoms. The van der Waals surface area contributed by atoms with Crippen molar-refractivity contribution < 1.29 is 4.74 Å². The Labute approximate surface area is 171 Å². The highest BCUT2D eigenvalue weighted by molar-refractivity contribution is 7.71. The zero-order valence-electron chi connectivity index (χ0n) is 16.8. The highest BCUT2D eigenvalue weighted by Crippen LogP contribution is 2.25. The Bertz CT molecular complexity index is 993. The number of nitrogens with one attached hydrogen (secondary N) is 1. The van der Waals surface area contributed by atoms with Crippen LogP contribution in [0.1, 0.15) is 45.2 Å². The molecule has 0 saturated carbocycles. The molecule has 0 unspecified atom stereocenters. The summed E-state index contributed by atoms with van der Waals surface area (Å²) in [5, 5.41) is 11.7. The van der Waals surface area contributed by atoms with E-state index in [0.29, 0.717) is 10.6 Å².